The molecule has 5 nitrogen and oxygen atoms in total. The van der Waals surface area contributed by atoms with E-state index in [0.717, 1.165) is 55.8 Å². The Morgan fingerprint density at radius 1 is 0.500 bits per heavy atom. The molecule has 11 aromatic rings. The zero-order valence-corrected chi connectivity index (χ0v) is 40.5. The van der Waals surface area contributed by atoms with Crippen LogP contribution in [0, 0.1) is 6.07 Å². The predicted octanol–water partition coefficient (Wildman–Crippen LogP) is 15.3. The molecule has 3 aliphatic rings. The van der Waals surface area contributed by atoms with E-state index in [-0.39, 0.29) is 50.5 Å². The Kier molecular flexibility index (Phi) is 10.0. The van der Waals surface area contributed by atoms with Gasteiger partial charge in [-0.2, -0.15) is 0 Å². The number of phenolic OH excluding ortho intramolecular Hbond substituents is 1. The van der Waals surface area contributed by atoms with Crippen LogP contribution in [0.5, 0.6) is 5.75 Å². The number of nitrogens with zero attached hydrogens (tertiary/aromatic N) is 4. The largest absolute Gasteiger partial charge is 0.507 e. The number of imidazole rings is 1. The minimum atomic E-state index is 0. The van der Waals surface area contributed by atoms with Gasteiger partial charge in [0.15, 0.2) is 0 Å². The third-order valence-electron chi connectivity index (χ3n) is 14.4. The van der Waals surface area contributed by atoms with E-state index in [1.807, 2.05) is 30.3 Å². The van der Waals surface area contributed by atoms with Crippen molar-refractivity contribution in [2.45, 2.75) is 51.4 Å². The van der Waals surface area contributed by atoms with Gasteiger partial charge < -0.3 is 14.2 Å². The van der Waals surface area contributed by atoms with Crippen LogP contribution in [0.3, 0.4) is 0 Å². The van der Waals surface area contributed by atoms with Crippen molar-refractivity contribution in [1.29, 1.82) is 0 Å². The van der Waals surface area contributed by atoms with Crippen LogP contribution in [0.1, 0.15) is 95.9 Å². The van der Waals surface area contributed by atoms with Crippen LogP contribution >= 0.6 is 0 Å². The van der Waals surface area contributed by atoms with E-state index in [4.69, 9.17) is 9.97 Å². The third kappa shape index (κ3) is 6.25. The maximum atomic E-state index is 11.1. The molecule has 0 radical (unpaired) electrons. The second kappa shape index (κ2) is 16.2. The molecule has 0 saturated heterocycles. The molecule has 0 saturated carbocycles. The van der Waals surface area contributed by atoms with E-state index < -0.39 is 0 Å². The Hall–Kier alpha value is -7.33. The Labute approximate surface area is 410 Å². The zero-order valence-electron chi connectivity index (χ0n) is 38.2. The Bertz CT molecular complexity index is 3730. The number of fused-ring (bicyclic) bond motifs is 4. The summed E-state index contributed by atoms with van der Waals surface area (Å²) in [6.45, 7) is 9.13. The van der Waals surface area contributed by atoms with E-state index in [9.17, 15) is 5.11 Å². The molecule has 332 valence electrons. The number of pyridine rings is 1. The van der Waals surface area contributed by atoms with Gasteiger partial charge in [-0.3, -0.25) is 9.97 Å². The number of hydrogen-bond acceptors (Lipinski definition) is 3. The van der Waals surface area contributed by atoms with E-state index in [1.165, 1.54) is 55.6 Å². The molecule has 6 heteroatoms. The van der Waals surface area contributed by atoms with Crippen LogP contribution in [0.2, 0.25) is 0 Å². The molecule has 3 aliphatic carbocycles. The number of para-hydroxylation sites is 5. The van der Waals surface area contributed by atoms with Crippen LogP contribution in [-0.2, 0) is 21.1 Å². The van der Waals surface area contributed by atoms with Crippen molar-refractivity contribution in [1.82, 2.24) is 19.1 Å². The first-order valence-corrected chi connectivity index (χ1v) is 23.5. The molecule has 14 rings (SSSR count). The van der Waals surface area contributed by atoms with E-state index in [2.05, 4.69) is 188 Å². The predicted molar refractivity (Wildman–Crippen MR) is 273 cm³/mol. The minimum absolute atomic E-state index is 0. The van der Waals surface area contributed by atoms with E-state index in [0.29, 0.717) is 11.3 Å². The zero-order chi connectivity index (χ0) is 45.1. The number of aromatic hydroxyl groups is 1. The van der Waals surface area contributed by atoms with Gasteiger partial charge in [0.2, 0.25) is 0 Å². The third-order valence-corrected chi connectivity index (χ3v) is 14.4. The molecule has 3 heterocycles. The summed E-state index contributed by atoms with van der Waals surface area (Å²) < 4.78 is 4.83. The maximum Gasteiger partial charge on any atom is 0.124 e. The summed E-state index contributed by atoms with van der Waals surface area (Å²) in [5.41, 5.74) is 21.1. The van der Waals surface area contributed by atoms with Gasteiger partial charge in [-0.1, -0.05) is 166 Å². The molecule has 1 N–H and O–H groups in total. The van der Waals surface area contributed by atoms with Gasteiger partial charge >= 0.3 is 0 Å². The van der Waals surface area contributed by atoms with Gasteiger partial charge in [0.05, 0.1) is 22.6 Å². The summed E-state index contributed by atoms with van der Waals surface area (Å²) in [7, 11) is 0. The SMILES string of the molecule is CC(C)c1cccc(C(C)C)c1-n1c(-c2[c-]c(-c3cccc(-c4ccccc4O)n3)c3c(c2)c2cc4c(cc2n3-c2ccccc2)C2c3ccccc3C4c3ccccc32)nc2ccccc21.[Pt]. The summed E-state index contributed by atoms with van der Waals surface area (Å²) >= 11 is 0. The van der Waals surface area contributed by atoms with Crippen LogP contribution in [0.4, 0.5) is 0 Å². The molecule has 8 aromatic carbocycles. The molecule has 0 amide bonds. The monoisotopic (exact) mass is 1060 g/mol. The first-order chi connectivity index (χ1) is 32.8. The number of rotatable bonds is 7. The maximum absolute atomic E-state index is 11.1. The first kappa shape index (κ1) is 42.1. The molecule has 0 unspecified atom stereocenters. The standard InChI is InChI=1S/C62H47N4O.Pt/c1-36(2)40-25-16-26-41(37(3)4)60(40)66-55-30-14-13-27-54(55)64-62(66)38-32-50-47-34-48-49(59-44-22-10-8-20-42(44)58(48)43-21-9-11-23-45(43)59)35-56(47)65(39-18-6-5-7-19-39)61(50)51(33-38)53-29-17-28-52(63-53)46-24-12-15-31-57(46)67;/h5-32,34-37,58-59,67H,1-4H3;/q-1;. The first-order valence-electron chi connectivity index (χ1n) is 23.5. The molecule has 0 aliphatic heterocycles. The second-order valence-electron chi connectivity index (χ2n) is 18.9. The molecule has 0 fully saturated rings. The molecule has 68 heavy (non-hydrogen) atoms. The fourth-order valence-corrected chi connectivity index (χ4v) is 11.5. The summed E-state index contributed by atoms with van der Waals surface area (Å²) in [5.74, 6) is 1.79. The van der Waals surface area contributed by atoms with Crippen molar-refractivity contribution < 1.29 is 26.2 Å². The topological polar surface area (TPSA) is 55.9 Å². The summed E-state index contributed by atoms with van der Waals surface area (Å²) in [4.78, 5) is 10.9. The molecular weight excluding hydrogens is 1010 g/mol. The summed E-state index contributed by atoms with van der Waals surface area (Å²) in [6.07, 6.45) is 0. The summed E-state index contributed by atoms with van der Waals surface area (Å²) in [6, 6.07) is 69.0. The van der Waals surface area contributed by atoms with Gasteiger partial charge in [0.1, 0.15) is 5.75 Å². The van der Waals surface area contributed by atoms with Gasteiger partial charge in [-0.15, -0.1) is 12.1 Å². The van der Waals surface area contributed by atoms with Crippen LogP contribution in [0.25, 0.3) is 78.1 Å². The van der Waals surface area contributed by atoms with Crippen molar-refractivity contribution in [2.75, 3.05) is 0 Å². The van der Waals surface area contributed by atoms with Gasteiger partial charge in [-0.25, -0.2) is 0 Å². The number of hydrogen-bond donors (Lipinski definition) is 1. The van der Waals surface area contributed by atoms with Crippen molar-refractivity contribution >= 4 is 32.8 Å². The van der Waals surface area contributed by atoms with Crippen molar-refractivity contribution in [2.24, 2.45) is 0 Å². The number of phenols is 1. The molecule has 0 spiro atoms. The number of aromatic nitrogens is 4. The fraction of sp³-hybridized carbons (Fsp3) is 0.129. The van der Waals surface area contributed by atoms with Crippen LogP contribution < -0.4 is 0 Å². The van der Waals surface area contributed by atoms with E-state index >= 15 is 0 Å². The smallest absolute Gasteiger partial charge is 0.124 e. The second-order valence-corrected chi connectivity index (χ2v) is 18.9. The van der Waals surface area contributed by atoms with Crippen LogP contribution in [0.15, 0.2) is 182 Å². The molecule has 0 atom stereocenters. The Morgan fingerprint density at radius 3 is 1.74 bits per heavy atom. The average molecular weight is 1060 g/mol. The van der Waals surface area contributed by atoms with E-state index in [1.54, 1.807) is 6.07 Å². The average Bonchev–Trinajstić information content (AvgIpc) is 3.91. The number of benzene rings is 8. The van der Waals surface area contributed by atoms with Crippen LogP contribution in [-0.4, -0.2) is 24.2 Å². The Balaban J connectivity index is 0.00000480. The van der Waals surface area contributed by atoms with Gasteiger partial charge in [-0.05, 0) is 122 Å². The minimum Gasteiger partial charge on any atom is -0.507 e. The van der Waals surface area contributed by atoms with Crippen molar-refractivity contribution in [3.05, 3.63) is 233 Å². The molecular formula is C62H47N4OPt-. The fourth-order valence-electron chi connectivity index (χ4n) is 11.5. The van der Waals surface area contributed by atoms with Crippen molar-refractivity contribution in [3.63, 3.8) is 0 Å². The van der Waals surface area contributed by atoms with Gasteiger partial charge in [0, 0.05) is 61.0 Å². The molecule has 3 aromatic heterocycles. The quantitative estimate of drug-likeness (QED) is 0.162. The molecule has 2 bridgehead atoms. The van der Waals surface area contributed by atoms with Crippen molar-refractivity contribution in [3.8, 4) is 51.0 Å². The van der Waals surface area contributed by atoms with Gasteiger partial charge in [0.25, 0.3) is 0 Å². The Morgan fingerprint density at radius 2 is 1.07 bits per heavy atom. The normalized spacial score (nSPS) is 14.7. The summed E-state index contributed by atoms with van der Waals surface area (Å²) in [5, 5.41) is 13.4.